The molecule has 0 heterocycles. The van der Waals surface area contributed by atoms with Gasteiger partial charge in [0.05, 0.1) is 5.56 Å². The number of carbonyl (C=O) groups is 1. The minimum atomic E-state index is 0.0421. The quantitative estimate of drug-likeness (QED) is 0.861. The molecule has 0 aliphatic heterocycles. The predicted molar refractivity (Wildman–Crippen MR) is 84.2 cm³/mol. The highest BCUT2D eigenvalue weighted by Crippen LogP contribution is 2.29. The standard InChI is InChI=1S/C17H26N2O/c1-4-18-16-10-13(3)6-8-15(16)17(20)19-11-14-7-5-12(2)9-14/h6,8,10,12,14,18H,4-5,7,9,11H2,1-3H3,(H,19,20). The van der Waals surface area contributed by atoms with Gasteiger partial charge in [0.25, 0.3) is 5.91 Å². The largest absolute Gasteiger partial charge is 0.385 e. The Hall–Kier alpha value is -1.51. The maximum atomic E-state index is 12.3. The molecule has 1 aromatic rings. The van der Waals surface area contributed by atoms with Gasteiger partial charge in [-0.1, -0.05) is 19.4 Å². The van der Waals surface area contributed by atoms with Gasteiger partial charge < -0.3 is 10.6 Å². The number of hydrogen-bond donors (Lipinski definition) is 2. The Kier molecular flexibility index (Phi) is 5.05. The second kappa shape index (κ2) is 6.78. The number of nitrogens with one attached hydrogen (secondary N) is 2. The number of anilines is 1. The first-order valence-corrected chi connectivity index (χ1v) is 7.72. The average molecular weight is 274 g/mol. The molecule has 0 bridgehead atoms. The number of rotatable bonds is 5. The molecule has 1 amide bonds. The van der Waals surface area contributed by atoms with Crippen molar-refractivity contribution >= 4 is 11.6 Å². The van der Waals surface area contributed by atoms with Crippen molar-refractivity contribution in [2.75, 3.05) is 18.4 Å². The maximum absolute atomic E-state index is 12.3. The molecule has 1 saturated carbocycles. The van der Waals surface area contributed by atoms with E-state index in [1.165, 1.54) is 24.8 Å². The van der Waals surface area contributed by atoms with Crippen LogP contribution in [0, 0.1) is 18.8 Å². The van der Waals surface area contributed by atoms with Crippen LogP contribution < -0.4 is 10.6 Å². The molecule has 0 radical (unpaired) electrons. The highest BCUT2D eigenvalue weighted by molar-refractivity contribution is 5.99. The van der Waals surface area contributed by atoms with Gasteiger partial charge in [0, 0.05) is 18.8 Å². The third-order valence-electron chi connectivity index (χ3n) is 4.14. The van der Waals surface area contributed by atoms with Gasteiger partial charge in [-0.25, -0.2) is 0 Å². The Bertz CT molecular complexity index is 470. The SMILES string of the molecule is CCNc1cc(C)ccc1C(=O)NCC1CCC(C)C1. The number of hydrogen-bond acceptors (Lipinski definition) is 2. The van der Waals surface area contributed by atoms with Crippen LogP contribution in [0.2, 0.25) is 0 Å². The second-order valence-corrected chi connectivity index (χ2v) is 6.07. The molecule has 110 valence electrons. The molecule has 1 aliphatic rings. The van der Waals surface area contributed by atoms with Gasteiger partial charge in [-0.2, -0.15) is 0 Å². The fourth-order valence-corrected chi connectivity index (χ4v) is 3.04. The summed E-state index contributed by atoms with van der Waals surface area (Å²) < 4.78 is 0. The summed E-state index contributed by atoms with van der Waals surface area (Å²) in [5, 5.41) is 6.37. The van der Waals surface area contributed by atoms with Crippen molar-refractivity contribution < 1.29 is 4.79 Å². The fraction of sp³-hybridized carbons (Fsp3) is 0.588. The van der Waals surface area contributed by atoms with Crippen LogP contribution >= 0.6 is 0 Å². The molecule has 0 aromatic heterocycles. The van der Waals surface area contributed by atoms with E-state index in [9.17, 15) is 4.79 Å². The molecule has 20 heavy (non-hydrogen) atoms. The Balaban J connectivity index is 1.98. The molecule has 0 spiro atoms. The van der Waals surface area contributed by atoms with E-state index in [4.69, 9.17) is 0 Å². The lowest BCUT2D eigenvalue weighted by Crippen LogP contribution is -2.29. The highest BCUT2D eigenvalue weighted by Gasteiger charge is 2.22. The maximum Gasteiger partial charge on any atom is 0.253 e. The van der Waals surface area contributed by atoms with Gasteiger partial charge in [0.2, 0.25) is 0 Å². The number of amides is 1. The zero-order valence-corrected chi connectivity index (χ0v) is 12.8. The van der Waals surface area contributed by atoms with Crippen LogP contribution in [0.15, 0.2) is 18.2 Å². The first kappa shape index (κ1) is 14.9. The lowest BCUT2D eigenvalue weighted by molar-refractivity contribution is 0.0948. The molecular formula is C17H26N2O. The molecule has 3 heteroatoms. The minimum absolute atomic E-state index is 0.0421. The lowest BCUT2D eigenvalue weighted by Gasteiger charge is -2.14. The Labute approximate surface area is 122 Å². The van der Waals surface area contributed by atoms with Gasteiger partial charge >= 0.3 is 0 Å². The molecule has 1 aromatic carbocycles. The fourth-order valence-electron chi connectivity index (χ4n) is 3.04. The van der Waals surface area contributed by atoms with Crippen LogP contribution in [-0.2, 0) is 0 Å². The Morgan fingerprint density at radius 1 is 1.35 bits per heavy atom. The van der Waals surface area contributed by atoms with Crippen LogP contribution in [0.3, 0.4) is 0 Å². The van der Waals surface area contributed by atoms with Crippen LogP contribution in [0.1, 0.15) is 49.0 Å². The monoisotopic (exact) mass is 274 g/mol. The van der Waals surface area contributed by atoms with Crippen molar-refractivity contribution in [2.45, 2.75) is 40.0 Å². The van der Waals surface area contributed by atoms with Crippen LogP contribution in [0.25, 0.3) is 0 Å². The third-order valence-corrected chi connectivity index (χ3v) is 4.14. The molecule has 2 rings (SSSR count). The van der Waals surface area contributed by atoms with Gasteiger partial charge in [0.1, 0.15) is 0 Å². The van der Waals surface area contributed by atoms with E-state index in [2.05, 4.69) is 17.6 Å². The molecular weight excluding hydrogens is 248 g/mol. The Morgan fingerprint density at radius 2 is 2.15 bits per heavy atom. The van der Waals surface area contributed by atoms with Gasteiger partial charge in [-0.05, 0) is 56.2 Å². The predicted octanol–water partition coefficient (Wildman–Crippen LogP) is 3.59. The van der Waals surface area contributed by atoms with E-state index in [1.807, 2.05) is 32.0 Å². The normalized spacial score (nSPS) is 21.8. The van der Waals surface area contributed by atoms with Crippen molar-refractivity contribution in [2.24, 2.45) is 11.8 Å². The van der Waals surface area contributed by atoms with E-state index in [1.54, 1.807) is 0 Å². The molecule has 2 N–H and O–H groups in total. The average Bonchev–Trinajstić information content (AvgIpc) is 2.82. The van der Waals surface area contributed by atoms with Gasteiger partial charge in [0.15, 0.2) is 0 Å². The minimum Gasteiger partial charge on any atom is -0.385 e. The molecule has 0 saturated heterocycles. The van der Waals surface area contributed by atoms with E-state index in [0.29, 0.717) is 5.92 Å². The zero-order valence-electron chi connectivity index (χ0n) is 12.8. The highest BCUT2D eigenvalue weighted by atomic mass is 16.1. The molecule has 2 unspecified atom stereocenters. The van der Waals surface area contributed by atoms with Crippen LogP contribution in [-0.4, -0.2) is 19.0 Å². The number of aryl methyl sites for hydroxylation is 1. The molecule has 3 nitrogen and oxygen atoms in total. The van der Waals surface area contributed by atoms with E-state index in [0.717, 1.165) is 30.3 Å². The summed E-state index contributed by atoms with van der Waals surface area (Å²) in [5.74, 6) is 1.51. The van der Waals surface area contributed by atoms with Gasteiger partial charge in [-0.3, -0.25) is 4.79 Å². The second-order valence-electron chi connectivity index (χ2n) is 6.07. The topological polar surface area (TPSA) is 41.1 Å². The van der Waals surface area contributed by atoms with Crippen molar-refractivity contribution in [3.8, 4) is 0 Å². The number of carbonyl (C=O) groups excluding carboxylic acids is 1. The summed E-state index contributed by atoms with van der Waals surface area (Å²) in [6, 6.07) is 5.95. The summed E-state index contributed by atoms with van der Waals surface area (Å²) in [4.78, 5) is 12.3. The first-order valence-electron chi connectivity index (χ1n) is 7.72. The first-order chi connectivity index (χ1) is 9.60. The summed E-state index contributed by atoms with van der Waals surface area (Å²) in [7, 11) is 0. The summed E-state index contributed by atoms with van der Waals surface area (Å²) in [5.41, 5.74) is 2.86. The zero-order chi connectivity index (χ0) is 14.5. The van der Waals surface area contributed by atoms with Crippen LogP contribution in [0.4, 0.5) is 5.69 Å². The Morgan fingerprint density at radius 3 is 2.80 bits per heavy atom. The summed E-state index contributed by atoms with van der Waals surface area (Å²) in [6.45, 7) is 8.02. The van der Waals surface area contributed by atoms with Crippen molar-refractivity contribution in [3.05, 3.63) is 29.3 Å². The smallest absolute Gasteiger partial charge is 0.253 e. The van der Waals surface area contributed by atoms with E-state index >= 15 is 0 Å². The van der Waals surface area contributed by atoms with Crippen molar-refractivity contribution in [3.63, 3.8) is 0 Å². The summed E-state index contributed by atoms with van der Waals surface area (Å²) in [6.07, 6.45) is 3.79. The van der Waals surface area contributed by atoms with E-state index in [-0.39, 0.29) is 5.91 Å². The summed E-state index contributed by atoms with van der Waals surface area (Å²) >= 11 is 0. The third kappa shape index (κ3) is 3.75. The number of benzene rings is 1. The lowest BCUT2D eigenvalue weighted by atomic mass is 10.1. The van der Waals surface area contributed by atoms with E-state index < -0.39 is 0 Å². The molecule has 1 fully saturated rings. The van der Waals surface area contributed by atoms with Crippen molar-refractivity contribution in [1.29, 1.82) is 0 Å². The van der Waals surface area contributed by atoms with Crippen LogP contribution in [0.5, 0.6) is 0 Å². The van der Waals surface area contributed by atoms with Gasteiger partial charge in [-0.15, -0.1) is 0 Å². The van der Waals surface area contributed by atoms with Crippen molar-refractivity contribution in [1.82, 2.24) is 5.32 Å². The molecule has 1 aliphatic carbocycles. The molecule has 2 atom stereocenters.